The second-order valence-corrected chi connectivity index (χ2v) is 4.75. The van der Waals surface area contributed by atoms with Crippen molar-refractivity contribution in [1.29, 1.82) is 0 Å². The van der Waals surface area contributed by atoms with Crippen molar-refractivity contribution in [3.63, 3.8) is 0 Å². The van der Waals surface area contributed by atoms with E-state index in [1.165, 1.54) is 7.11 Å². The van der Waals surface area contributed by atoms with Gasteiger partial charge in [0.1, 0.15) is 5.75 Å². The Kier molecular flexibility index (Phi) is 4.35. The van der Waals surface area contributed by atoms with Gasteiger partial charge < -0.3 is 14.9 Å². The lowest BCUT2D eigenvalue weighted by atomic mass is 9.78. The number of hydrogen-bond donors (Lipinski definition) is 2. The second kappa shape index (κ2) is 5.40. The summed E-state index contributed by atoms with van der Waals surface area (Å²) in [4.78, 5) is 11.5. The molecule has 100 valence electrons. The zero-order valence-corrected chi connectivity index (χ0v) is 11.3. The Labute approximate surface area is 107 Å². The number of carboxylic acid groups (broad SMARTS) is 1. The first kappa shape index (κ1) is 14.5. The first-order valence-electron chi connectivity index (χ1n) is 5.86. The molecule has 1 unspecified atom stereocenters. The van der Waals surface area contributed by atoms with Crippen molar-refractivity contribution in [3.05, 3.63) is 28.8 Å². The average Bonchev–Trinajstić information content (AvgIpc) is 2.31. The van der Waals surface area contributed by atoms with Crippen LogP contribution in [0, 0.1) is 13.8 Å². The highest BCUT2D eigenvalue weighted by molar-refractivity contribution is 5.82. The first-order valence-corrected chi connectivity index (χ1v) is 5.86. The molecule has 0 radical (unpaired) electrons. The Bertz CT molecular complexity index is 453. The zero-order chi connectivity index (χ0) is 13.9. The van der Waals surface area contributed by atoms with Crippen LogP contribution in [0.1, 0.15) is 30.0 Å². The molecule has 4 heteroatoms. The van der Waals surface area contributed by atoms with Gasteiger partial charge in [-0.15, -0.1) is 0 Å². The van der Waals surface area contributed by atoms with Crippen LogP contribution in [0.2, 0.25) is 0 Å². The van der Waals surface area contributed by atoms with Gasteiger partial charge in [0.15, 0.2) is 0 Å². The minimum Gasteiger partial charge on any atom is -0.496 e. The summed E-state index contributed by atoms with van der Waals surface area (Å²) in [5.41, 5.74) is 1.52. The van der Waals surface area contributed by atoms with Gasteiger partial charge >= 0.3 is 5.97 Å². The van der Waals surface area contributed by atoms with E-state index in [9.17, 15) is 9.90 Å². The number of aliphatic carboxylic acids is 1. The Balaban J connectivity index is 3.45. The van der Waals surface area contributed by atoms with Crippen molar-refractivity contribution in [2.45, 2.75) is 32.6 Å². The van der Waals surface area contributed by atoms with Crippen LogP contribution in [0.3, 0.4) is 0 Å². The van der Waals surface area contributed by atoms with E-state index in [-0.39, 0.29) is 13.0 Å². The van der Waals surface area contributed by atoms with E-state index in [0.717, 1.165) is 11.1 Å². The molecule has 0 aliphatic heterocycles. The SMILES string of the molecule is COc1cc(C)c(C)cc1C(C)(CCO)C(=O)O. The molecular weight excluding hydrogens is 232 g/mol. The lowest BCUT2D eigenvalue weighted by molar-refractivity contribution is -0.143. The highest BCUT2D eigenvalue weighted by atomic mass is 16.5. The third-order valence-electron chi connectivity index (χ3n) is 3.49. The minimum atomic E-state index is -1.14. The summed E-state index contributed by atoms with van der Waals surface area (Å²) in [5, 5.41) is 18.5. The Morgan fingerprint density at radius 2 is 1.89 bits per heavy atom. The normalized spacial score (nSPS) is 14.1. The number of aliphatic hydroxyl groups excluding tert-OH is 1. The molecule has 2 N–H and O–H groups in total. The number of rotatable bonds is 5. The molecule has 0 bridgehead atoms. The van der Waals surface area contributed by atoms with E-state index in [4.69, 9.17) is 9.84 Å². The molecule has 0 fully saturated rings. The number of methoxy groups -OCH3 is 1. The summed E-state index contributed by atoms with van der Waals surface area (Å²) in [6, 6.07) is 3.67. The van der Waals surface area contributed by atoms with Crippen LogP contribution in [0.4, 0.5) is 0 Å². The fraction of sp³-hybridized carbons (Fsp3) is 0.500. The Hall–Kier alpha value is -1.55. The topological polar surface area (TPSA) is 66.8 Å². The van der Waals surface area contributed by atoms with Crippen molar-refractivity contribution in [1.82, 2.24) is 0 Å². The molecule has 0 saturated carbocycles. The summed E-state index contributed by atoms with van der Waals surface area (Å²) in [6.45, 7) is 5.31. The molecule has 0 amide bonds. The summed E-state index contributed by atoms with van der Waals surface area (Å²) in [7, 11) is 1.52. The predicted octanol–water partition coefficient (Wildman–Crippen LogP) is 2.04. The third kappa shape index (κ3) is 2.48. The van der Waals surface area contributed by atoms with E-state index >= 15 is 0 Å². The average molecular weight is 252 g/mol. The lowest BCUT2D eigenvalue weighted by Gasteiger charge is -2.27. The van der Waals surface area contributed by atoms with Gasteiger partial charge in [0.25, 0.3) is 0 Å². The highest BCUT2D eigenvalue weighted by Gasteiger charge is 2.37. The number of benzene rings is 1. The van der Waals surface area contributed by atoms with E-state index in [0.29, 0.717) is 11.3 Å². The molecule has 1 rings (SSSR count). The summed E-state index contributed by atoms with van der Waals surface area (Å²) in [5.74, 6) is -0.408. The monoisotopic (exact) mass is 252 g/mol. The minimum absolute atomic E-state index is 0.154. The third-order valence-corrected chi connectivity index (χ3v) is 3.49. The maximum atomic E-state index is 11.5. The van der Waals surface area contributed by atoms with Gasteiger partial charge in [0, 0.05) is 12.2 Å². The van der Waals surface area contributed by atoms with E-state index in [1.807, 2.05) is 26.0 Å². The maximum absolute atomic E-state index is 11.5. The number of aryl methyl sites for hydroxylation is 2. The summed E-state index contributed by atoms with van der Waals surface area (Å²) < 4.78 is 5.28. The van der Waals surface area contributed by atoms with Crippen molar-refractivity contribution >= 4 is 5.97 Å². The van der Waals surface area contributed by atoms with Crippen LogP contribution < -0.4 is 4.74 Å². The number of aliphatic hydroxyl groups is 1. The summed E-state index contributed by atoms with van der Waals surface area (Å²) in [6.07, 6.45) is 0.154. The number of hydrogen-bond acceptors (Lipinski definition) is 3. The van der Waals surface area contributed by atoms with Crippen LogP contribution in [-0.4, -0.2) is 29.9 Å². The van der Waals surface area contributed by atoms with Gasteiger partial charge in [0.2, 0.25) is 0 Å². The quantitative estimate of drug-likeness (QED) is 0.841. The van der Waals surface area contributed by atoms with Crippen molar-refractivity contribution in [2.24, 2.45) is 0 Å². The molecular formula is C14H20O4. The van der Waals surface area contributed by atoms with Gasteiger partial charge in [-0.05, 0) is 44.4 Å². The molecule has 0 spiro atoms. The Morgan fingerprint density at radius 1 is 1.33 bits per heavy atom. The molecule has 0 aliphatic rings. The standard InChI is InChI=1S/C14H20O4/c1-9-7-11(12(18-4)8-10(9)2)14(3,5-6-15)13(16)17/h7-8,15H,5-6H2,1-4H3,(H,16,17). The van der Waals surface area contributed by atoms with Crippen molar-refractivity contribution in [3.8, 4) is 5.75 Å². The zero-order valence-electron chi connectivity index (χ0n) is 11.3. The first-order chi connectivity index (χ1) is 8.36. The molecule has 18 heavy (non-hydrogen) atoms. The fourth-order valence-corrected chi connectivity index (χ4v) is 1.97. The van der Waals surface area contributed by atoms with Crippen LogP contribution in [-0.2, 0) is 10.2 Å². The molecule has 1 atom stereocenters. The molecule has 0 saturated heterocycles. The van der Waals surface area contributed by atoms with E-state index in [2.05, 4.69) is 0 Å². The number of carbonyl (C=O) groups is 1. The van der Waals surface area contributed by atoms with Crippen LogP contribution in [0.25, 0.3) is 0 Å². The van der Waals surface area contributed by atoms with Crippen LogP contribution in [0.5, 0.6) is 5.75 Å². The lowest BCUT2D eigenvalue weighted by Crippen LogP contribution is -2.34. The molecule has 1 aromatic rings. The molecule has 0 aromatic heterocycles. The summed E-state index contributed by atoms with van der Waals surface area (Å²) >= 11 is 0. The van der Waals surface area contributed by atoms with Gasteiger partial charge in [-0.3, -0.25) is 4.79 Å². The molecule has 4 nitrogen and oxygen atoms in total. The smallest absolute Gasteiger partial charge is 0.314 e. The van der Waals surface area contributed by atoms with E-state index < -0.39 is 11.4 Å². The van der Waals surface area contributed by atoms with Gasteiger partial charge in [-0.1, -0.05) is 6.07 Å². The molecule has 0 aliphatic carbocycles. The Morgan fingerprint density at radius 3 is 2.33 bits per heavy atom. The molecule has 0 heterocycles. The maximum Gasteiger partial charge on any atom is 0.314 e. The highest BCUT2D eigenvalue weighted by Crippen LogP contribution is 2.36. The predicted molar refractivity (Wildman–Crippen MR) is 69.2 cm³/mol. The largest absolute Gasteiger partial charge is 0.496 e. The molecule has 1 aromatic carbocycles. The van der Waals surface area contributed by atoms with Gasteiger partial charge in [0.05, 0.1) is 12.5 Å². The second-order valence-electron chi connectivity index (χ2n) is 4.75. The van der Waals surface area contributed by atoms with Crippen molar-refractivity contribution < 1.29 is 19.7 Å². The number of carboxylic acids is 1. The van der Waals surface area contributed by atoms with Crippen molar-refractivity contribution in [2.75, 3.05) is 13.7 Å². The van der Waals surface area contributed by atoms with Crippen LogP contribution in [0.15, 0.2) is 12.1 Å². The number of ether oxygens (including phenoxy) is 1. The van der Waals surface area contributed by atoms with Crippen LogP contribution >= 0.6 is 0 Å². The van der Waals surface area contributed by atoms with Gasteiger partial charge in [-0.25, -0.2) is 0 Å². The van der Waals surface area contributed by atoms with E-state index in [1.54, 1.807) is 6.92 Å². The van der Waals surface area contributed by atoms with Gasteiger partial charge in [-0.2, -0.15) is 0 Å². The fourth-order valence-electron chi connectivity index (χ4n) is 1.97.